The highest BCUT2D eigenvalue weighted by molar-refractivity contribution is 6.32. The van der Waals surface area contributed by atoms with Crippen molar-refractivity contribution in [2.24, 2.45) is 0 Å². The van der Waals surface area contributed by atoms with E-state index < -0.39 is 12.1 Å². The lowest BCUT2D eigenvalue weighted by Crippen LogP contribution is -2.17. The minimum absolute atomic E-state index is 0.131. The number of fused-ring (bicyclic) bond motifs is 1. The molecular formula is C17H14ClF3N2O2. The van der Waals surface area contributed by atoms with Crippen molar-refractivity contribution in [3.05, 3.63) is 58.9 Å². The highest BCUT2D eigenvalue weighted by atomic mass is 35.5. The average molecular weight is 371 g/mol. The number of para-hydroxylation sites is 2. The molecule has 0 aliphatic rings. The van der Waals surface area contributed by atoms with E-state index in [1.54, 1.807) is 6.92 Å². The number of hydrogen-bond acceptors (Lipinski definition) is 3. The van der Waals surface area contributed by atoms with Gasteiger partial charge in [-0.2, -0.15) is 0 Å². The maximum atomic E-state index is 12.3. The predicted molar refractivity (Wildman–Crippen MR) is 87.4 cm³/mol. The number of hydrogen-bond donors (Lipinski definition) is 1. The largest absolute Gasteiger partial charge is 0.573 e. The van der Waals surface area contributed by atoms with Crippen LogP contribution in [0.5, 0.6) is 5.75 Å². The Bertz CT molecular complexity index is 847. The standard InChI is InChI=1S/C17H14ClF3N2O2/c1-10(11-6-7-15(12(18)8-11)25-17(19,20)21)24-9-16-22-13-4-2-3-5-14(13)23-16/h2-8,10H,9H2,1H3,(H,22,23). The van der Waals surface area contributed by atoms with Gasteiger partial charge in [0.05, 0.1) is 22.2 Å². The van der Waals surface area contributed by atoms with Crippen molar-refractivity contribution in [2.75, 3.05) is 0 Å². The average Bonchev–Trinajstić information content (AvgIpc) is 2.96. The lowest BCUT2D eigenvalue weighted by atomic mass is 10.1. The first-order valence-corrected chi connectivity index (χ1v) is 7.80. The molecule has 3 rings (SSSR count). The lowest BCUT2D eigenvalue weighted by Gasteiger charge is -2.15. The van der Waals surface area contributed by atoms with Crippen LogP contribution in [0, 0.1) is 0 Å². The van der Waals surface area contributed by atoms with Gasteiger partial charge in [0.25, 0.3) is 0 Å². The van der Waals surface area contributed by atoms with Crippen LogP contribution in [-0.2, 0) is 11.3 Å². The van der Waals surface area contributed by atoms with Crippen LogP contribution < -0.4 is 4.74 Å². The quantitative estimate of drug-likeness (QED) is 0.654. The summed E-state index contributed by atoms with van der Waals surface area (Å²) in [4.78, 5) is 7.54. The van der Waals surface area contributed by atoms with Crippen LogP contribution in [0.25, 0.3) is 11.0 Å². The molecule has 0 spiro atoms. The van der Waals surface area contributed by atoms with Gasteiger partial charge in [-0.05, 0) is 36.8 Å². The van der Waals surface area contributed by atoms with Crippen LogP contribution in [-0.4, -0.2) is 16.3 Å². The van der Waals surface area contributed by atoms with Gasteiger partial charge in [-0.3, -0.25) is 0 Å². The maximum Gasteiger partial charge on any atom is 0.573 e. The SMILES string of the molecule is CC(OCc1nc2ccccc2[nH]1)c1ccc(OC(F)(F)F)c(Cl)c1. The van der Waals surface area contributed by atoms with Crippen molar-refractivity contribution >= 4 is 22.6 Å². The summed E-state index contributed by atoms with van der Waals surface area (Å²) in [5.41, 5.74) is 2.38. The lowest BCUT2D eigenvalue weighted by molar-refractivity contribution is -0.274. The Balaban J connectivity index is 1.66. The highest BCUT2D eigenvalue weighted by Gasteiger charge is 2.32. The van der Waals surface area contributed by atoms with Gasteiger partial charge in [-0.25, -0.2) is 4.98 Å². The van der Waals surface area contributed by atoms with E-state index >= 15 is 0 Å². The van der Waals surface area contributed by atoms with Crippen LogP contribution in [0.3, 0.4) is 0 Å². The number of nitrogens with one attached hydrogen (secondary N) is 1. The third-order valence-corrected chi connectivity index (χ3v) is 3.85. The van der Waals surface area contributed by atoms with E-state index in [0.29, 0.717) is 11.4 Å². The summed E-state index contributed by atoms with van der Waals surface area (Å²) >= 11 is 5.85. The monoisotopic (exact) mass is 370 g/mol. The minimum Gasteiger partial charge on any atom is -0.404 e. The molecule has 4 nitrogen and oxygen atoms in total. The Morgan fingerprint density at radius 3 is 2.64 bits per heavy atom. The number of nitrogens with zero attached hydrogens (tertiary/aromatic N) is 1. The Hall–Kier alpha value is -2.25. The first-order valence-electron chi connectivity index (χ1n) is 7.42. The van der Waals surface area contributed by atoms with Gasteiger partial charge in [0.1, 0.15) is 18.2 Å². The van der Waals surface area contributed by atoms with Gasteiger partial charge in [0.2, 0.25) is 0 Å². The molecule has 2 aromatic carbocycles. The Kier molecular flexibility index (Phi) is 4.87. The van der Waals surface area contributed by atoms with Crippen molar-refractivity contribution in [1.82, 2.24) is 9.97 Å². The fourth-order valence-corrected chi connectivity index (χ4v) is 2.58. The minimum atomic E-state index is -4.78. The topological polar surface area (TPSA) is 47.1 Å². The molecule has 1 heterocycles. The number of aromatic amines is 1. The molecule has 1 aromatic heterocycles. The zero-order valence-corrected chi connectivity index (χ0v) is 13.9. The molecule has 0 amide bonds. The highest BCUT2D eigenvalue weighted by Crippen LogP contribution is 2.33. The third-order valence-electron chi connectivity index (χ3n) is 3.56. The fourth-order valence-electron chi connectivity index (χ4n) is 2.35. The summed E-state index contributed by atoms with van der Waals surface area (Å²) in [5, 5.41) is -0.131. The molecule has 132 valence electrons. The fraction of sp³-hybridized carbons (Fsp3) is 0.235. The van der Waals surface area contributed by atoms with Gasteiger partial charge >= 0.3 is 6.36 Å². The molecule has 0 saturated carbocycles. The van der Waals surface area contributed by atoms with Crippen molar-refractivity contribution < 1.29 is 22.6 Å². The summed E-state index contributed by atoms with van der Waals surface area (Å²) < 4.78 is 46.3. The molecule has 0 saturated heterocycles. The second-order valence-electron chi connectivity index (χ2n) is 5.39. The molecule has 1 unspecified atom stereocenters. The second-order valence-corrected chi connectivity index (χ2v) is 5.80. The first-order chi connectivity index (χ1) is 11.8. The van der Waals surface area contributed by atoms with Crippen LogP contribution in [0.15, 0.2) is 42.5 Å². The maximum absolute atomic E-state index is 12.3. The van der Waals surface area contributed by atoms with Crippen LogP contribution in [0.1, 0.15) is 24.4 Å². The summed E-state index contributed by atoms with van der Waals surface area (Å²) in [6.45, 7) is 2.01. The molecule has 1 N–H and O–H groups in total. The van der Waals surface area contributed by atoms with E-state index in [2.05, 4.69) is 14.7 Å². The van der Waals surface area contributed by atoms with Crippen LogP contribution >= 0.6 is 11.6 Å². The van der Waals surface area contributed by atoms with Gasteiger partial charge in [-0.1, -0.05) is 29.8 Å². The van der Waals surface area contributed by atoms with E-state index in [-0.39, 0.29) is 17.7 Å². The molecule has 0 radical (unpaired) electrons. The number of ether oxygens (including phenoxy) is 2. The number of halogens is 4. The summed E-state index contributed by atoms with van der Waals surface area (Å²) in [6.07, 6.45) is -5.17. The normalized spacial score (nSPS) is 13.2. The summed E-state index contributed by atoms with van der Waals surface area (Å²) in [7, 11) is 0. The number of imidazole rings is 1. The Morgan fingerprint density at radius 1 is 1.20 bits per heavy atom. The Morgan fingerprint density at radius 2 is 1.96 bits per heavy atom. The van der Waals surface area contributed by atoms with Gasteiger partial charge in [0, 0.05) is 0 Å². The van der Waals surface area contributed by atoms with E-state index in [1.165, 1.54) is 18.2 Å². The zero-order chi connectivity index (χ0) is 18.0. The number of benzene rings is 2. The predicted octanol–water partition coefficient (Wildman–Crippen LogP) is 5.39. The third kappa shape index (κ3) is 4.43. The van der Waals surface area contributed by atoms with E-state index in [1.807, 2.05) is 24.3 Å². The summed E-state index contributed by atoms with van der Waals surface area (Å²) in [6, 6.07) is 11.6. The molecule has 1 atom stereocenters. The van der Waals surface area contributed by atoms with Crippen molar-refractivity contribution in [3.8, 4) is 5.75 Å². The zero-order valence-electron chi connectivity index (χ0n) is 13.1. The van der Waals surface area contributed by atoms with E-state index in [9.17, 15) is 13.2 Å². The molecular weight excluding hydrogens is 357 g/mol. The first kappa shape index (κ1) is 17.6. The van der Waals surface area contributed by atoms with Crippen LogP contribution in [0.2, 0.25) is 5.02 Å². The Labute approximate surface area is 146 Å². The van der Waals surface area contributed by atoms with Gasteiger partial charge in [0.15, 0.2) is 0 Å². The van der Waals surface area contributed by atoms with Crippen molar-refractivity contribution in [2.45, 2.75) is 26.0 Å². The number of aromatic nitrogens is 2. The molecule has 0 bridgehead atoms. The second kappa shape index (κ2) is 6.93. The molecule has 0 aliphatic carbocycles. The van der Waals surface area contributed by atoms with Gasteiger partial charge < -0.3 is 14.5 Å². The van der Waals surface area contributed by atoms with Crippen molar-refractivity contribution in [1.29, 1.82) is 0 Å². The number of rotatable bonds is 5. The molecule has 8 heteroatoms. The summed E-state index contributed by atoms with van der Waals surface area (Å²) in [5.74, 6) is 0.221. The smallest absolute Gasteiger partial charge is 0.404 e. The molecule has 0 aliphatic heterocycles. The van der Waals surface area contributed by atoms with Crippen LogP contribution in [0.4, 0.5) is 13.2 Å². The number of alkyl halides is 3. The van der Waals surface area contributed by atoms with E-state index in [4.69, 9.17) is 16.3 Å². The molecule has 25 heavy (non-hydrogen) atoms. The van der Waals surface area contributed by atoms with Crippen molar-refractivity contribution in [3.63, 3.8) is 0 Å². The molecule has 0 fully saturated rings. The number of H-pyrrole nitrogens is 1. The van der Waals surface area contributed by atoms with Gasteiger partial charge in [-0.15, -0.1) is 13.2 Å². The van der Waals surface area contributed by atoms with E-state index in [0.717, 1.165) is 11.0 Å². The molecule has 3 aromatic rings.